The summed E-state index contributed by atoms with van der Waals surface area (Å²) in [5, 5.41) is 8.78. The number of hydrogen-bond donors (Lipinski definition) is 0. The highest BCUT2D eigenvalue weighted by Crippen LogP contribution is 2.21. The smallest absolute Gasteiger partial charge is 0.151 e. The van der Waals surface area contributed by atoms with Gasteiger partial charge in [0.2, 0.25) is 0 Å². The molecule has 0 N–H and O–H groups in total. The number of anilines is 1. The van der Waals surface area contributed by atoms with E-state index in [9.17, 15) is 4.21 Å². The van der Waals surface area contributed by atoms with Crippen LogP contribution >= 0.6 is 0 Å². The molecule has 1 atom stereocenters. The van der Waals surface area contributed by atoms with Crippen LogP contribution < -0.4 is 4.90 Å². The van der Waals surface area contributed by atoms with Crippen LogP contribution in [0.25, 0.3) is 11.3 Å². The van der Waals surface area contributed by atoms with E-state index in [4.69, 9.17) is 0 Å². The predicted molar refractivity (Wildman–Crippen MR) is 98.7 cm³/mol. The van der Waals surface area contributed by atoms with Gasteiger partial charge in [-0.05, 0) is 38.1 Å². The lowest BCUT2D eigenvalue weighted by molar-refractivity contribution is 0.209. The lowest BCUT2D eigenvalue weighted by atomic mass is 10.1. The number of nitrogens with zero attached hydrogens (tertiary/aromatic N) is 4. The third kappa shape index (κ3) is 3.82. The molecule has 2 heterocycles. The minimum atomic E-state index is -0.954. The highest BCUT2D eigenvalue weighted by molar-refractivity contribution is 7.84. The average Bonchev–Trinajstić information content (AvgIpc) is 2.62. The van der Waals surface area contributed by atoms with Crippen molar-refractivity contribution < 1.29 is 4.21 Å². The number of piperazine rings is 1. The van der Waals surface area contributed by atoms with Crippen LogP contribution in [0, 0.1) is 0 Å². The third-order valence-electron chi connectivity index (χ3n) is 4.50. The first-order chi connectivity index (χ1) is 11.5. The molecule has 2 aromatic rings. The molecule has 0 radical (unpaired) electrons. The summed E-state index contributed by atoms with van der Waals surface area (Å²) in [4.78, 5) is 5.60. The second-order valence-electron chi connectivity index (χ2n) is 6.37. The van der Waals surface area contributed by atoms with Crippen LogP contribution in [-0.4, -0.2) is 57.8 Å². The van der Waals surface area contributed by atoms with Crippen molar-refractivity contribution in [3.05, 3.63) is 36.4 Å². The van der Waals surface area contributed by atoms with Gasteiger partial charge < -0.3 is 4.90 Å². The van der Waals surface area contributed by atoms with Gasteiger partial charge >= 0.3 is 0 Å². The summed E-state index contributed by atoms with van der Waals surface area (Å²) in [6.07, 6.45) is 1.68. The zero-order valence-electron chi connectivity index (χ0n) is 14.5. The first-order valence-corrected chi connectivity index (χ1v) is 9.87. The van der Waals surface area contributed by atoms with Crippen molar-refractivity contribution >= 4 is 16.6 Å². The van der Waals surface area contributed by atoms with Gasteiger partial charge in [-0.1, -0.05) is 12.1 Å². The van der Waals surface area contributed by atoms with Crippen molar-refractivity contribution in [1.82, 2.24) is 15.1 Å². The van der Waals surface area contributed by atoms with E-state index >= 15 is 0 Å². The first kappa shape index (κ1) is 17.0. The molecule has 0 amide bonds. The summed E-state index contributed by atoms with van der Waals surface area (Å²) in [6, 6.07) is 12.3. The van der Waals surface area contributed by atoms with Gasteiger partial charge in [-0.3, -0.25) is 9.11 Å². The van der Waals surface area contributed by atoms with Gasteiger partial charge in [-0.15, -0.1) is 10.2 Å². The van der Waals surface area contributed by atoms with Gasteiger partial charge in [-0.2, -0.15) is 0 Å². The Morgan fingerprint density at radius 1 is 0.958 bits per heavy atom. The Bertz CT molecular complexity index is 692. The first-order valence-electron chi connectivity index (χ1n) is 8.31. The highest BCUT2D eigenvalue weighted by Gasteiger charge is 2.19. The van der Waals surface area contributed by atoms with Crippen molar-refractivity contribution in [3.8, 4) is 11.3 Å². The summed E-state index contributed by atoms with van der Waals surface area (Å²) in [5.74, 6) is 0.938. The lowest BCUT2D eigenvalue weighted by Crippen LogP contribution is -2.49. The molecule has 1 saturated heterocycles. The van der Waals surface area contributed by atoms with E-state index < -0.39 is 10.8 Å². The fourth-order valence-electron chi connectivity index (χ4n) is 2.93. The molecule has 0 bridgehead atoms. The summed E-state index contributed by atoms with van der Waals surface area (Å²) in [5.41, 5.74) is 1.83. The van der Waals surface area contributed by atoms with E-state index in [0.29, 0.717) is 6.04 Å². The molecular weight excluding hydrogens is 320 g/mol. The minimum Gasteiger partial charge on any atom is -0.353 e. The molecule has 1 unspecified atom stereocenters. The Morgan fingerprint density at radius 3 is 2.12 bits per heavy atom. The molecule has 5 nitrogen and oxygen atoms in total. The van der Waals surface area contributed by atoms with Crippen LogP contribution in [-0.2, 0) is 10.8 Å². The van der Waals surface area contributed by atoms with Gasteiger partial charge in [-0.25, -0.2) is 0 Å². The SMILES string of the molecule is CC(C)N1CCN(c2ccc(-c3ccc(S(C)=O)cc3)nn2)CC1. The van der Waals surface area contributed by atoms with Crippen LogP contribution in [0.5, 0.6) is 0 Å². The monoisotopic (exact) mass is 344 g/mol. The van der Waals surface area contributed by atoms with Crippen molar-refractivity contribution in [2.24, 2.45) is 0 Å². The minimum absolute atomic E-state index is 0.598. The molecule has 24 heavy (non-hydrogen) atoms. The van der Waals surface area contributed by atoms with Gasteiger partial charge in [0, 0.05) is 59.7 Å². The quantitative estimate of drug-likeness (QED) is 0.852. The average molecular weight is 344 g/mol. The molecule has 1 aromatic heterocycles. The van der Waals surface area contributed by atoms with E-state index in [2.05, 4.69) is 33.8 Å². The molecular formula is C18H24N4OS. The number of benzene rings is 1. The number of rotatable bonds is 4. The second-order valence-corrected chi connectivity index (χ2v) is 7.75. The van der Waals surface area contributed by atoms with E-state index in [1.165, 1.54) is 0 Å². The molecule has 128 valence electrons. The fraction of sp³-hybridized carbons (Fsp3) is 0.444. The van der Waals surface area contributed by atoms with E-state index in [1.807, 2.05) is 36.4 Å². The van der Waals surface area contributed by atoms with Crippen LogP contribution in [0.3, 0.4) is 0 Å². The van der Waals surface area contributed by atoms with Gasteiger partial charge in [0.25, 0.3) is 0 Å². The van der Waals surface area contributed by atoms with Crippen molar-refractivity contribution in [1.29, 1.82) is 0 Å². The van der Waals surface area contributed by atoms with Gasteiger partial charge in [0.1, 0.15) is 0 Å². The topological polar surface area (TPSA) is 49.3 Å². The van der Waals surface area contributed by atoms with Crippen LogP contribution in [0.15, 0.2) is 41.3 Å². The summed E-state index contributed by atoms with van der Waals surface area (Å²) < 4.78 is 11.5. The van der Waals surface area contributed by atoms with Crippen molar-refractivity contribution in [2.45, 2.75) is 24.8 Å². The van der Waals surface area contributed by atoms with Crippen molar-refractivity contribution in [3.63, 3.8) is 0 Å². The maximum atomic E-state index is 11.5. The molecule has 1 aromatic carbocycles. The Kier molecular flexibility index (Phi) is 5.26. The van der Waals surface area contributed by atoms with Crippen LogP contribution in [0.1, 0.15) is 13.8 Å². The highest BCUT2D eigenvalue weighted by atomic mass is 32.2. The number of aromatic nitrogens is 2. The van der Waals surface area contributed by atoms with E-state index in [0.717, 1.165) is 48.1 Å². The largest absolute Gasteiger partial charge is 0.353 e. The van der Waals surface area contributed by atoms with Crippen LogP contribution in [0.4, 0.5) is 5.82 Å². The summed E-state index contributed by atoms with van der Waals surface area (Å²) in [6.45, 7) is 8.59. The molecule has 6 heteroatoms. The number of hydrogen-bond acceptors (Lipinski definition) is 5. The normalized spacial score (nSPS) is 17.2. The predicted octanol–water partition coefficient (Wildman–Crippen LogP) is 2.41. The Balaban J connectivity index is 1.68. The van der Waals surface area contributed by atoms with Crippen molar-refractivity contribution in [2.75, 3.05) is 37.3 Å². The van der Waals surface area contributed by atoms with Gasteiger partial charge in [0.15, 0.2) is 5.82 Å². The fourth-order valence-corrected chi connectivity index (χ4v) is 3.45. The molecule has 1 aliphatic heterocycles. The molecule has 0 saturated carbocycles. The van der Waals surface area contributed by atoms with E-state index in [-0.39, 0.29) is 0 Å². The molecule has 1 aliphatic rings. The molecule has 0 aliphatic carbocycles. The molecule has 1 fully saturated rings. The zero-order valence-corrected chi connectivity index (χ0v) is 15.3. The second kappa shape index (κ2) is 7.40. The molecule has 0 spiro atoms. The maximum absolute atomic E-state index is 11.5. The Morgan fingerprint density at radius 2 is 1.62 bits per heavy atom. The summed E-state index contributed by atoms with van der Waals surface area (Å²) in [7, 11) is -0.954. The Hall–Kier alpha value is -1.79. The standard InChI is InChI=1S/C18H24N4OS/c1-14(2)21-10-12-22(13-11-21)18-9-8-17(19-20-18)15-4-6-16(7-5-15)24(3)23/h4-9,14H,10-13H2,1-3H3. The van der Waals surface area contributed by atoms with Crippen LogP contribution in [0.2, 0.25) is 0 Å². The lowest BCUT2D eigenvalue weighted by Gasteiger charge is -2.37. The zero-order chi connectivity index (χ0) is 17.1. The molecule has 3 rings (SSSR count). The summed E-state index contributed by atoms with van der Waals surface area (Å²) >= 11 is 0. The van der Waals surface area contributed by atoms with Gasteiger partial charge in [0.05, 0.1) is 5.69 Å². The van der Waals surface area contributed by atoms with E-state index in [1.54, 1.807) is 6.26 Å². The maximum Gasteiger partial charge on any atom is 0.151 e. The Labute approximate surface area is 146 Å². The third-order valence-corrected chi connectivity index (χ3v) is 5.44.